The maximum Gasteiger partial charge on any atom is 0.335 e. The van der Waals surface area contributed by atoms with Crippen molar-refractivity contribution < 1.29 is 19.1 Å². The maximum atomic E-state index is 13.1. The molecule has 3 heterocycles. The van der Waals surface area contributed by atoms with Gasteiger partial charge in [0.25, 0.3) is 0 Å². The molecule has 0 aromatic heterocycles. The van der Waals surface area contributed by atoms with Crippen molar-refractivity contribution in [3.8, 4) is 0 Å². The summed E-state index contributed by atoms with van der Waals surface area (Å²) in [5.74, 6) is 0.166. The van der Waals surface area contributed by atoms with Crippen molar-refractivity contribution >= 4 is 17.6 Å². The summed E-state index contributed by atoms with van der Waals surface area (Å²) < 4.78 is 10.6. The molecule has 2 saturated heterocycles. The molecule has 2 unspecified atom stereocenters. The lowest BCUT2D eigenvalue weighted by Gasteiger charge is -2.46. The third-order valence-electron chi connectivity index (χ3n) is 7.03. The summed E-state index contributed by atoms with van der Waals surface area (Å²) >= 11 is 0. The van der Waals surface area contributed by atoms with Gasteiger partial charge in [-0.2, -0.15) is 0 Å². The first-order chi connectivity index (χ1) is 13.1. The van der Waals surface area contributed by atoms with E-state index in [0.717, 1.165) is 43.6 Å². The van der Waals surface area contributed by atoms with E-state index < -0.39 is 11.5 Å². The number of carbonyl (C=O) groups excluding carboxylic acids is 2. The number of methoxy groups -OCH3 is 2. The summed E-state index contributed by atoms with van der Waals surface area (Å²) in [7, 11) is 2.98. The average molecular weight is 372 g/mol. The highest BCUT2D eigenvalue weighted by Crippen LogP contribution is 2.52. The molecule has 0 bridgehead atoms. The Kier molecular flexibility index (Phi) is 4.72. The molecule has 5 atom stereocenters. The van der Waals surface area contributed by atoms with Gasteiger partial charge in [-0.1, -0.05) is 31.5 Å². The Morgan fingerprint density at radius 1 is 1.37 bits per heavy atom. The van der Waals surface area contributed by atoms with Crippen molar-refractivity contribution in [2.45, 2.75) is 43.7 Å². The largest absolute Gasteiger partial charge is 0.467 e. The van der Waals surface area contributed by atoms with Crippen LogP contribution in [0, 0.1) is 11.8 Å². The van der Waals surface area contributed by atoms with Gasteiger partial charge in [-0.3, -0.25) is 9.69 Å². The molecule has 0 aliphatic carbocycles. The summed E-state index contributed by atoms with van der Waals surface area (Å²) in [6.07, 6.45) is 1.97. The minimum atomic E-state index is -0.584. The van der Waals surface area contributed by atoms with Crippen LogP contribution in [0.15, 0.2) is 24.3 Å². The van der Waals surface area contributed by atoms with Crippen molar-refractivity contribution in [1.82, 2.24) is 4.90 Å². The van der Waals surface area contributed by atoms with Crippen molar-refractivity contribution in [3.63, 3.8) is 0 Å². The quantitative estimate of drug-likeness (QED) is 0.821. The Morgan fingerprint density at radius 2 is 2.15 bits per heavy atom. The summed E-state index contributed by atoms with van der Waals surface area (Å²) in [6, 6.07) is 8.10. The van der Waals surface area contributed by atoms with Crippen LogP contribution >= 0.6 is 0 Å². The molecule has 1 aromatic carbocycles. The van der Waals surface area contributed by atoms with Crippen LogP contribution in [0.4, 0.5) is 5.69 Å². The maximum absolute atomic E-state index is 13.1. The predicted octanol–water partition coefficient (Wildman–Crippen LogP) is 2.18. The number of fused-ring (bicyclic) bond motifs is 4. The summed E-state index contributed by atoms with van der Waals surface area (Å²) in [5.41, 5.74) is 1.50. The predicted molar refractivity (Wildman–Crippen MR) is 101 cm³/mol. The first-order valence-corrected chi connectivity index (χ1v) is 9.82. The molecule has 0 saturated carbocycles. The molecule has 1 spiro atoms. The van der Waals surface area contributed by atoms with Crippen LogP contribution in [0.3, 0.4) is 0 Å². The SMILES string of the molecule is CC[C@@H]1CN2CC[C@@]3(C(=O)Nc4ccccc43)C2C[C@@H]1C(OC)C(=O)OC. The molecule has 1 aromatic rings. The third kappa shape index (κ3) is 2.61. The third-order valence-corrected chi connectivity index (χ3v) is 7.03. The van der Waals surface area contributed by atoms with E-state index in [1.54, 1.807) is 7.11 Å². The van der Waals surface area contributed by atoms with Gasteiger partial charge in [0, 0.05) is 31.3 Å². The zero-order chi connectivity index (χ0) is 19.2. The molecule has 1 N–H and O–H groups in total. The number of rotatable bonds is 4. The molecule has 146 valence electrons. The number of hydrogen-bond donors (Lipinski definition) is 1. The minimum Gasteiger partial charge on any atom is -0.467 e. The fraction of sp³-hybridized carbons (Fsp3) is 0.619. The van der Waals surface area contributed by atoms with Crippen LogP contribution in [-0.4, -0.2) is 56.2 Å². The average Bonchev–Trinajstić information content (AvgIpc) is 3.20. The fourth-order valence-corrected chi connectivity index (χ4v) is 5.69. The topological polar surface area (TPSA) is 67.9 Å². The molecule has 4 rings (SSSR count). The molecular formula is C21H28N2O4. The highest BCUT2D eigenvalue weighted by Gasteiger charge is 2.60. The molecule has 6 nitrogen and oxygen atoms in total. The number of nitrogens with one attached hydrogen (secondary N) is 1. The Morgan fingerprint density at radius 3 is 2.85 bits per heavy atom. The highest BCUT2D eigenvalue weighted by atomic mass is 16.6. The van der Waals surface area contributed by atoms with Gasteiger partial charge in [-0.15, -0.1) is 0 Å². The number of amides is 1. The number of carbonyl (C=O) groups is 2. The summed E-state index contributed by atoms with van der Waals surface area (Å²) in [4.78, 5) is 27.9. The lowest BCUT2D eigenvalue weighted by atomic mass is 9.67. The normalized spacial score (nSPS) is 33.4. The van der Waals surface area contributed by atoms with Gasteiger partial charge in [0.05, 0.1) is 12.5 Å². The molecule has 2 fully saturated rings. The monoisotopic (exact) mass is 372 g/mol. The number of benzene rings is 1. The van der Waals surface area contributed by atoms with Gasteiger partial charge in [0.1, 0.15) is 0 Å². The van der Waals surface area contributed by atoms with Crippen LogP contribution in [0.25, 0.3) is 0 Å². The van der Waals surface area contributed by atoms with Gasteiger partial charge in [0.15, 0.2) is 6.10 Å². The molecule has 0 radical (unpaired) electrons. The number of hydrogen-bond acceptors (Lipinski definition) is 5. The molecule has 27 heavy (non-hydrogen) atoms. The second-order valence-corrected chi connectivity index (χ2v) is 7.98. The Balaban J connectivity index is 1.71. The van der Waals surface area contributed by atoms with E-state index in [1.807, 2.05) is 18.2 Å². The molecular weight excluding hydrogens is 344 g/mol. The number of para-hydroxylation sites is 1. The van der Waals surface area contributed by atoms with E-state index in [9.17, 15) is 9.59 Å². The number of anilines is 1. The van der Waals surface area contributed by atoms with Crippen molar-refractivity contribution in [1.29, 1.82) is 0 Å². The fourth-order valence-electron chi connectivity index (χ4n) is 5.69. The van der Waals surface area contributed by atoms with Gasteiger partial charge in [-0.25, -0.2) is 4.79 Å². The van der Waals surface area contributed by atoms with Crippen LogP contribution in [0.5, 0.6) is 0 Å². The second kappa shape index (κ2) is 6.91. The molecule has 3 aliphatic rings. The van der Waals surface area contributed by atoms with E-state index in [-0.39, 0.29) is 23.8 Å². The Labute approximate surface area is 160 Å². The molecule has 3 aliphatic heterocycles. The standard InChI is InChI=1S/C21H28N2O4/c1-4-13-12-23-10-9-21(15-7-5-6-8-16(15)22-20(21)25)17(23)11-14(13)18(26-2)19(24)27-3/h5-8,13-14,17-18H,4,9-12H2,1-3H3,(H,22,25)/t13-,14+,17?,18?,21+/m1/s1. The van der Waals surface area contributed by atoms with Crippen LogP contribution < -0.4 is 5.32 Å². The summed E-state index contributed by atoms with van der Waals surface area (Å²) in [5, 5.41) is 3.09. The van der Waals surface area contributed by atoms with Crippen LogP contribution in [0.1, 0.15) is 31.7 Å². The smallest absolute Gasteiger partial charge is 0.335 e. The number of piperidine rings is 1. The van der Waals surface area contributed by atoms with Gasteiger partial charge in [-0.05, 0) is 36.9 Å². The Bertz CT molecular complexity index is 751. The lowest BCUT2D eigenvalue weighted by molar-refractivity contribution is -0.160. The molecule has 6 heteroatoms. The van der Waals surface area contributed by atoms with E-state index >= 15 is 0 Å². The molecule has 1 amide bonds. The van der Waals surface area contributed by atoms with Crippen molar-refractivity contribution in [3.05, 3.63) is 29.8 Å². The van der Waals surface area contributed by atoms with E-state index in [0.29, 0.717) is 5.92 Å². The zero-order valence-corrected chi connectivity index (χ0v) is 16.2. The summed E-state index contributed by atoms with van der Waals surface area (Å²) in [6.45, 7) is 3.96. The first-order valence-electron chi connectivity index (χ1n) is 9.82. The van der Waals surface area contributed by atoms with Gasteiger partial charge in [0.2, 0.25) is 5.91 Å². The minimum absolute atomic E-state index is 0.0456. The van der Waals surface area contributed by atoms with Crippen molar-refractivity contribution in [2.24, 2.45) is 11.8 Å². The number of nitrogens with zero attached hydrogens (tertiary/aromatic N) is 1. The van der Waals surface area contributed by atoms with E-state index in [4.69, 9.17) is 9.47 Å². The lowest BCUT2D eigenvalue weighted by Crippen LogP contribution is -2.56. The van der Waals surface area contributed by atoms with Gasteiger partial charge < -0.3 is 14.8 Å². The van der Waals surface area contributed by atoms with Crippen LogP contribution in [0.2, 0.25) is 0 Å². The Hall–Kier alpha value is -1.92. The zero-order valence-electron chi connectivity index (χ0n) is 16.2. The highest BCUT2D eigenvalue weighted by molar-refractivity contribution is 6.07. The second-order valence-electron chi connectivity index (χ2n) is 7.98. The first kappa shape index (κ1) is 18.4. The van der Waals surface area contributed by atoms with E-state index in [1.165, 1.54) is 7.11 Å². The van der Waals surface area contributed by atoms with E-state index in [2.05, 4.69) is 23.2 Å². The van der Waals surface area contributed by atoms with Crippen molar-refractivity contribution in [2.75, 3.05) is 32.6 Å². The van der Waals surface area contributed by atoms with Crippen LogP contribution in [-0.2, 0) is 24.5 Å². The van der Waals surface area contributed by atoms with Gasteiger partial charge >= 0.3 is 5.97 Å². The number of esters is 1. The number of ether oxygens (including phenoxy) is 2.